The van der Waals surface area contributed by atoms with Crippen LogP contribution in [0, 0.1) is 17.7 Å². The van der Waals surface area contributed by atoms with Crippen LogP contribution in [0.2, 0.25) is 0 Å². The molecule has 5 heteroatoms. The molecule has 1 aromatic rings. The number of carbonyl (C=O) groups is 2. The summed E-state index contributed by atoms with van der Waals surface area (Å²) in [5.41, 5.74) is 0.723. The predicted molar refractivity (Wildman–Crippen MR) is 89.9 cm³/mol. The summed E-state index contributed by atoms with van der Waals surface area (Å²) in [4.78, 5) is 25.3. The SMILES string of the molecule is CCC(CC(=O)Nc1ccc(N2CCCC2=O)c(F)c1)C(C)C. The summed E-state index contributed by atoms with van der Waals surface area (Å²) in [6.07, 6.45) is 2.59. The van der Waals surface area contributed by atoms with E-state index in [4.69, 9.17) is 0 Å². The van der Waals surface area contributed by atoms with E-state index in [1.54, 1.807) is 12.1 Å². The van der Waals surface area contributed by atoms with Gasteiger partial charge in [-0.15, -0.1) is 0 Å². The lowest BCUT2D eigenvalue weighted by Crippen LogP contribution is -2.25. The number of halogens is 1. The fourth-order valence-electron chi connectivity index (χ4n) is 3.01. The fourth-order valence-corrected chi connectivity index (χ4v) is 3.01. The highest BCUT2D eigenvalue weighted by atomic mass is 19.1. The van der Waals surface area contributed by atoms with Gasteiger partial charge >= 0.3 is 0 Å². The van der Waals surface area contributed by atoms with E-state index < -0.39 is 5.82 Å². The first kappa shape index (κ1) is 17.4. The molecule has 23 heavy (non-hydrogen) atoms. The highest BCUT2D eigenvalue weighted by Crippen LogP contribution is 2.27. The van der Waals surface area contributed by atoms with Gasteiger partial charge in [0.15, 0.2) is 0 Å². The molecule has 1 fully saturated rings. The molecule has 4 nitrogen and oxygen atoms in total. The zero-order valence-corrected chi connectivity index (χ0v) is 14.1. The van der Waals surface area contributed by atoms with Gasteiger partial charge in [0.1, 0.15) is 5.82 Å². The number of carbonyl (C=O) groups excluding carboxylic acids is 2. The zero-order chi connectivity index (χ0) is 17.0. The van der Waals surface area contributed by atoms with E-state index >= 15 is 0 Å². The van der Waals surface area contributed by atoms with Gasteiger partial charge < -0.3 is 10.2 Å². The molecule has 1 aliphatic heterocycles. The molecule has 1 saturated heterocycles. The Hall–Kier alpha value is -1.91. The minimum absolute atomic E-state index is 0.0524. The molecule has 0 radical (unpaired) electrons. The highest BCUT2D eigenvalue weighted by Gasteiger charge is 2.24. The summed E-state index contributed by atoms with van der Waals surface area (Å²) < 4.78 is 14.2. The Kier molecular flexibility index (Phi) is 5.74. The summed E-state index contributed by atoms with van der Waals surface area (Å²) in [6, 6.07) is 4.50. The van der Waals surface area contributed by atoms with Crippen LogP contribution in [0.25, 0.3) is 0 Å². The quantitative estimate of drug-likeness (QED) is 0.862. The molecule has 1 aromatic carbocycles. The Morgan fingerprint density at radius 3 is 2.65 bits per heavy atom. The third-order valence-electron chi connectivity index (χ3n) is 4.51. The predicted octanol–water partition coefficient (Wildman–Crippen LogP) is 3.96. The number of benzene rings is 1. The van der Waals surface area contributed by atoms with Crippen molar-refractivity contribution in [1.29, 1.82) is 0 Å². The van der Waals surface area contributed by atoms with Gasteiger partial charge in [-0.3, -0.25) is 9.59 Å². The summed E-state index contributed by atoms with van der Waals surface area (Å²) in [6.45, 7) is 6.82. The van der Waals surface area contributed by atoms with Crippen LogP contribution >= 0.6 is 0 Å². The molecule has 1 unspecified atom stereocenters. The molecule has 0 saturated carbocycles. The molecule has 2 rings (SSSR count). The number of nitrogens with zero attached hydrogens (tertiary/aromatic N) is 1. The molecule has 0 aliphatic carbocycles. The van der Waals surface area contributed by atoms with E-state index in [1.807, 2.05) is 0 Å². The molecular weight excluding hydrogens is 295 g/mol. The maximum atomic E-state index is 14.2. The summed E-state index contributed by atoms with van der Waals surface area (Å²) in [5.74, 6) is 0.125. The van der Waals surface area contributed by atoms with Gasteiger partial charge in [-0.25, -0.2) is 4.39 Å². The average Bonchev–Trinajstić information content (AvgIpc) is 2.90. The van der Waals surface area contributed by atoms with E-state index in [0.717, 1.165) is 12.8 Å². The molecule has 1 heterocycles. The Bertz CT molecular complexity index is 586. The molecule has 0 spiro atoms. The maximum Gasteiger partial charge on any atom is 0.227 e. The molecule has 1 atom stereocenters. The first-order valence-corrected chi connectivity index (χ1v) is 8.32. The minimum atomic E-state index is -0.478. The van der Waals surface area contributed by atoms with Gasteiger partial charge in [0.25, 0.3) is 0 Å². The third kappa shape index (κ3) is 4.30. The van der Waals surface area contributed by atoms with Crippen LogP contribution in [-0.4, -0.2) is 18.4 Å². The fraction of sp³-hybridized carbons (Fsp3) is 0.556. The van der Waals surface area contributed by atoms with Crippen molar-refractivity contribution in [2.75, 3.05) is 16.8 Å². The first-order valence-electron chi connectivity index (χ1n) is 8.32. The van der Waals surface area contributed by atoms with Crippen LogP contribution in [0.15, 0.2) is 18.2 Å². The zero-order valence-electron chi connectivity index (χ0n) is 14.1. The second-order valence-corrected chi connectivity index (χ2v) is 6.48. The van der Waals surface area contributed by atoms with Gasteiger partial charge in [0.05, 0.1) is 5.69 Å². The topological polar surface area (TPSA) is 49.4 Å². The smallest absolute Gasteiger partial charge is 0.227 e. The Morgan fingerprint density at radius 2 is 2.13 bits per heavy atom. The van der Waals surface area contributed by atoms with Crippen molar-refractivity contribution in [3.05, 3.63) is 24.0 Å². The van der Waals surface area contributed by atoms with E-state index in [0.29, 0.717) is 42.6 Å². The number of nitrogens with one attached hydrogen (secondary N) is 1. The Labute approximate surface area is 137 Å². The van der Waals surface area contributed by atoms with Crippen molar-refractivity contribution >= 4 is 23.2 Å². The van der Waals surface area contributed by atoms with Gasteiger partial charge in [-0.05, 0) is 36.5 Å². The van der Waals surface area contributed by atoms with Crippen molar-refractivity contribution in [3.63, 3.8) is 0 Å². The van der Waals surface area contributed by atoms with Gasteiger partial charge in [0.2, 0.25) is 11.8 Å². The van der Waals surface area contributed by atoms with Crippen LogP contribution in [0.4, 0.5) is 15.8 Å². The number of rotatable bonds is 6. The third-order valence-corrected chi connectivity index (χ3v) is 4.51. The average molecular weight is 320 g/mol. The largest absolute Gasteiger partial charge is 0.326 e. The molecular formula is C18H25FN2O2. The number of hydrogen-bond acceptors (Lipinski definition) is 2. The van der Waals surface area contributed by atoms with Gasteiger partial charge in [-0.2, -0.15) is 0 Å². The van der Waals surface area contributed by atoms with E-state index in [-0.39, 0.29) is 11.8 Å². The van der Waals surface area contributed by atoms with Crippen molar-refractivity contribution in [2.45, 2.75) is 46.5 Å². The van der Waals surface area contributed by atoms with Crippen LogP contribution in [0.1, 0.15) is 46.5 Å². The molecule has 0 aromatic heterocycles. The number of anilines is 2. The van der Waals surface area contributed by atoms with Crippen LogP contribution in [0.3, 0.4) is 0 Å². The summed E-state index contributed by atoms with van der Waals surface area (Å²) >= 11 is 0. The first-order chi connectivity index (χ1) is 10.9. The van der Waals surface area contributed by atoms with Crippen molar-refractivity contribution in [1.82, 2.24) is 0 Å². The van der Waals surface area contributed by atoms with E-state index in [1.165, 1.54) is 11.0 Å². The minimum Gasteiger partial charge on any atom is -0.326 e. The van der Waals surface area contributed by atoms with Crippen LogP contribution in [-0.2, 0) is 9.59 Å². The molecule has 1 N–H and O–H groups in total. The Balaban J connectivity index is 2.03. The molecule has 1 aliphatic rings. The molecule has 0 bridgehead atoms. The lowest BCUT2D eigenvalue weighted by molar-refractivity contribution is -0.118. The number of hydrogen-bond donors (Lipinski definition) is 1. The lowest BCUT2D eigenvalue weighted by Gasteiger charge is -2.19. The summed E-state index contributed by atoms with van der Waals surface area (Å²) in [7, 11) is 0. The van der Waals surface area contributed by atoms with E-state index in [2.05, 4.69) is 26.1 Å². The second kappa shape index (κ2) is 7.57. The highest BCUT2D eigenvalue weighted by molar-refractivity contribution is 5.96. The van der Waals surface area contributed by atoms with Gasteiger partial charge in [-0.1, -0.05) is 27.2 Å². The van der Waals surface area contributed by atoms with Crippen LogP contribution < -0.4 is 10.2 Å². The maximum absolute atomic E-state index is 14.2. The van der Waals surface area contributed by atoms with Crippen molar-refractivity contribution in [3.8, 4) is 0 Å². The van der Waals surface area contributed by atoms with Crippen molar-refractivity contribution < 1.29 is 14.0 Å². The standard InChI is InChI=1S/C18H25FN2O2/c1-4-13(12(2)3)10-17(22)20-14-7-8-16(15(19)11-14)21-9-5-6-18(21)23/h7-8,11-13H,4-6,9-10H2,1-3H3,(H,20,22). The normalized spacial score (nSPS) is 16.0. The molecule has 126 valence electrons. The monoisotopic (exact) mass is 320 g/mol. The second-order valence-electron chi connectivity index (χ2n) is 6.48. The van der Waals surface area contributed by atoms with Gasteiger partial charge in [0, 0.05) is 25.1 Å². The molecule has 2 amide bonds. The van der Waals surface area contributed by atoms with Crippen molar-refractivity contribution in [2.24, 2.45) is 11.8 Å². The van der Waals surface area contributed by atoms with Crippen LogP contribution in [0.5, 0.6) is 0 Å². The number of amides is 2. The Morgan fingerprint density at radius 1 is 1.39 bits per heavy atom. The lowest BCUT2D eigenvalue weighted by atomic mass is 9.90. The van der Waals surface area contributed by atoms with E-state index in [9.17, 15) is 14.0 Å². The summed E-state index contributed by atoms with van der Waals surface area (Å²) in [5, 5.41) is 2.75.